The molecule has 0 radical (unpaired) electrons. The van der Waals surface area contributed by atoms with Gasteiger partial charge in [0.25, 0.3) is 0 Å². The van der Waals surface area contributed by atoms with Crippen LogP contribution in [-0.4, -0.2) is 31.2 Å². The molecule has 3 N–H and O–H groups in total. The number of nitrogen functional groups attached to an aromatic ring is 1. The number of nitrogens with two attached hydrogens (primary N) is 1. The van der Waals surface area contributed by atoms with Crippen molar-refractivity contribution in [1.29, 1.82) is 0 Å². The van der Waals surface area contributed by atoms with Crippen LogP contribution >= 0.6 is 0 Å². The third-order valence-corrected chi connectivity index (χ3v) is 3.60. The molecule has 0 aliphatic heterocycles. The summed E-state index contributed by atoms with van der Waals surface area (Å²) in [7, 11) is 4.40. The van der Waals surface area contributed by atoms with Gasteiger partial charge in [-0.3, -0.25) is 10.1 Å². The Balaban J connectivity index is 2.24. The molecule has 1 heterocycles. The molecule has 1 aromatic carbocycles. The van der Waals surface area contributed by atoms with E-state index in [9.17, 15) is 10.1 Å². The van der Waals surface area contributed by atoms with E-state index in [0.717, 1.165) is 5.56 Å². The second kappa shape index (κ2) is 8.83. The van der Waals surface area contributed by atoms with Crippen molar-refractivity contribution in [3.05, 3.63) is 45.6 Å². The Morgan fingerprint density at radius 1 is 1.23 bits per heavy atom. The van der Waals surface area contributed by atoms with Crippen molar-refractivity contribution in [2.24, 2.45) is 0 Å². The highest BCUT2D eigenvalue weighted by Gasteiger charge is 2.23. The lowest BCUT2D eigenvalue weighted by Crippen LogP contribution is -2.09. The van der Waals surface area contributed by atoms with Gasteiger partial charge in [0.2, 0.25) is 5.82 Å². The van der Waals surface area contributed by atoms with Gasteiger partial charge in [0.1, 0.15) is 12.3 Å². The lowest BCUT2D eigenvalue weighted by atomic mass is 10.2. The van der Waals surface area contributed by atoms with Crippen LogP contribution in [-0.2, 0) is 22.9 Å². The highest BCUT2D eigenvalue weighted by atomic mass is 17.2. The molecular formula is C16H20N4O6. The Morgan fingerprint density at radius 3 is 2.58 bits per heavy atom. The van der Waals surface area contributed by atoms with E-state index in [1.165, 1.54) is 20.4 Å². The van der Waals surface area contributed by atoms with E-state index in [1.807, 2.05) is 6.07 Å². The topological polar surface area (TPSA) is 131 Å². The van der Waals surface area contributed by atoms with Crippen LogP contribution in [0.3, 0.4) is 0 Å². The normalized spacial score (nSPS) is 10.4. The number of rotatable bonds is 9. The van der Waals surface area contributed by atoms with Crippen molar-refractivity contribution in [3.8, 4) is 11.5 Å². The minimum Gasteiger partial charge on any atom is -0.493 e. The number of methoxy groups -OCH3 is 2. The van der Waals surface area contributed by atoms with E-state index in [1.54, 1.807) is 19.2 Å². The highest BCUT2D eigenvalue weighted by molar-refractivity contribution is 5.73. The summed E-state index contributed by atoms with van der Waals surface area (Å²) < 4.78 is 10.4. The predicted molar refractivity (Wildman–Crippen MR) is 94.0 cm³/mol. The Bertz CT molecular complexity index is 784. The third kappa shape index (κ3) is 4.29. The molecule has 0 saturated carbocycles. The molecule has 26 heavy (non-hydrogen) atoms. The fourth-order valence-electron chi connectivity index (χ4n) is 2.28. The molecule has 2 aromatic rings. The van der Waals surface area contributed by atoms with Crippen molar-refractivity contribution >= 4 is 17.2 Å². The minimum absolute atomic E-state index is 0.0307. The van der Waals surface area contributed by atoms with Crippen LogP contribution in [0.5, 0.6) is 11.5 Å². The number of benzene rings is 1. The first-order chi connectivity index (χ1) is 12.5. The lowest BCUT2D eigenvalue weighted by molar-refractivity contribution is -0.383. The second-order valence-electron chi connectivity index (χ2n) is 5.12. The fraction of sp³-hybridized carbons (Fsp3) is 0.312. The van der Waals surface area contributed by atoms with E-state index in [0.29, 0.717) is 17.1 Å². The molecule has 0 amide bonds. The van der Waals surface area contributed by atoms with Gasteiger partial charge < -0.3 is 20.5 Å². The highest BCUT2D eigenvalue weighted by Crippen LogP contribution is 2.33. The minimum atomic E-state index is -0.588. The third-order valence-electron chi connectivity index (χ3n) is 3.60. The summed E-state index contributed by atoms with van der Waals surface area (Å²) in [6.07, 6.45) is 1.40. The van der Waals surface area contributed by atoms with Crippen molar-refractivity contribution in [1.82, 2.24) is 4.98 Å². The monoisotopic (exact) mass is 364 g/mol. The Labute approximate surface area is 149 Å². The molecule has 0 fully saturated rings. The molecule has 0 aliphatic rings. The number of aromatic nitrogens is 1. The van der Waals surface area contributed by atoms with Gasteiger partial charge in [0.05, 0.1) is 26.3 Å². The molecule has 2 rings (SSSR count). The average molecular weight is 364 g/mol. The Morgan fingerprint density at radius 2 is 1.96 bits per heavy atom. The standard InChI is InChI=1S/C16H20N4O6/c1-23-12-5-4-10(6-13(12)24-2)7-18-16-15(20(21)22)14(17)11(8-19-16)9-26-25-3/h4-6,8H,7,9H2,1-3H3,(H3,17,18,19). The van der Waals surface area contributed by atoms with Crippen LogP contribution in [0.15, 0.2) is 24.4 Å². The number of hydrogen-bond acceptors (Lipinski definition) is 9. The van der Waals surface area contributed by atoms with Crippen molar-refractivity contribution < 1.29 is 24.2 Å². The smallest absolute Gasteiger partial charge is 0.334 e. The summed E-state index contributed by atoms with van der Waals surface area (Å²) in [5.41, 5.74) is 6.72. The van der Waals surface area contributed by atoms with E-state index < -0.39 is 4.92 Å². The molecule has 10 nitrogen and oxygen atoms in total. The van der Waals surface area contributed by atoms with Crippen molar-refractivity contribution in [3.63, 3.8) is 0 Å². The summed E-state index contributed by atoms with van der Waals surface area (Å²) in [6, 6.07) is 5.32. The first kappa shape index (κ1) is 19.2. The summed E-state index contributed by atoms with van der Waals surface area (Å²) in [4.78, 5) is 24.1. The van der Waals surface area contributed by atoms with Crippen LogP contribution < -0.4 is 20.5 Å². The van der Waals surface area contributed by atoms with Crippen molar-refractivity contribution in [2.45, 2.75) is 13.2 Å². The van der Waals surface area contributed by atoms with E-state index >= 15 is 0 Å². The lowest BCUT2D eigenvalue weighted by Gasteiger charge is -2.12. The molecule has 0 spiro atoms. The zero-order chi connectivity index (χ0) is 19.1. The predicted octanol–water partition coefficient (Wildman–Crippen LogP) is 2.28. The molecule has 0 atom stereocenters. The first-order valence-corrected chi connectivity index (χ1v) is 7.53. The van der Waals surface area contributed by atoms with Gasteiger partial charge in [0, 0.05) is 18.3 Å². The van der Waals surface area contributed by atoms with Crippen LogP contribution in [0.1, 0.15) is 11.1 Å². The fourth-order valence-corrected chi connectivity index (χ4v) is 2.28. The summed E-state index contributed by atoms with van der Waals surface area (Å²) in [5.74, 6) is 1.20. The SMILES string of the molecule is COOCc1cnc(NCc2ccc(OC)c(OC)c2)c([N+](=O)[O-])c1N. The average Bonchev–Trinajstić information content (AvgIpc) is 2.64. The van der Waals surface area contributed by atoms with Gasteiger partial charge in [-0.1, -0.05) is 6.07 Å². The van der Waals surface area contributed by atoms with Gasteiger partial charge >= 0.3 is 5.69 Å². The maximum absolute atomic E-state index is 11.4. The molecule has 1 aromatic heterocycles. The number of anilines is 2. The van der Waals surface area contributed by atoms with E-state index in [-0.39, 0.29) is 30.3 Å². The molecule has 0 saturated heterocycles. The zero-order valence-electron chi connectivity index (χ0n) is 14.6. The number of nitrogens with zero attached hydrogens (tertiary/aromatic N) is 2. The quantitative estimate of drug-likeness (QED) is 0.391. The summed E-state index contributed by atoms with van der Waals surface area (Å²) in [5, 5.41) is 14.3. The Kier molecular flexibility index (Phi) is 6.53. The second-order valence-corrected chi connectivity index (χ2v) is 5.12. The molecular weight excluding hydrogens is 344 g/mol. The maximum atomic E-state index is 11.4. The van der Waals surface area contributed by atoms with Crippen LogP contribution in [0.2, 0.25) is 0 Å². The number of nitro groups is 1. The van der Waals surface area contributed by atoms with E-state index in [4.69, 9.17) is 20.1 Å². The van der Waals surface area contributed by atoms with Gasteiger partial charge in [-0.2, -0.15) is 0 Å². The van der Waals surface area contributed by atoms with Crippen LogP contribution in [0.4, 0.5) is 17.2 Å². The molecule has 0 aliphatic carbocycles. The molecule has 0 bridgehead atoms. The summed E-state index contributed by atoms with van der Waals surface area (Å²) in [6.45, 7) is 0.230. The number of nitrogens with one attached hydrogen (secondary N) is 1. The summed E-state index contributed by atoms with van der Waals surface area (Å²) >= 11 is 0. The van der Waals surface area contributed by atoms with Gasteiger partial charge in [-0.25, -0.2) is 14.8 Å². The van der Waals surface area contributed by atoms with Gasteiger partial charge in [-0.05, 0) is 17.7 Å². The van der Waals surface area contributed by atoms with Crippen LogP contribution in [0, 0.1) is 10.1 Å². The van der Waals surface area contributed by atoms with Gasteiger partial charge in [-0.15, -0.1) is 0 Å². The Hall–Kier alpha value is -3.11. The number of hydrogen-bond donors (Lipinski definition) is 2. The number of ether oxygens (including phenoxy) is 2. The van der Waals surface area contributed by atoms with E-state index in [2.05, 4.69) is 15.2 Å². The van der Waals surface area contributed by atoms with Crippen molar-refractivity contribution in [2.75, 3.05) is 32.4 Å². The number of pyridine rings is 1. The molecule has 10 heteroatoms. The largest absolute Gasteiger partial charge is 0.493 e. The zero-order valence-corrected chi connectivity index (χ0v) is 14.6. The maximum Gasteiger partial charge on any atom is 0.334 e. The first-order valence-electron chi connectivity index (χ1n) is 7.53. The van der Waals surface area contributed by atoms with Gasteiger partial charge in [0.15, 0.2) is 11.5 Å². The van der Waals surface area contributed by atoms with Crippen LogP contribution in [0.25, 0.3) is 0 Å². The molecule has 140 valence electrons. The molecule has 0 unspecified atom stereocenters.